The molecule has 0 saturated heterocycles. The van der Waals surface area contributed by atoms with Crippen LogP contribution in [0.1, 0.15) is 5.56 Å². The van der Waals surface area contributed by atoms with Crippen molar-refractivity contribution in [2.24, 2.45) is 0 Å². The van der Waals surface area contributed by atoms with Crippen LogP contribution in [0.3, 0.4) is 0 Å². The predicted octanol–water partition coefficient (Wildman–Crippen LogP) is 1.32. The van der Waals surface area contributed by atoms with Crippen LogP contribution in [0.5, 0.6) is 0 Å². The highest BCUT2D eigenvalue weighted by Crippen LogP contribution is 2.00. The Morgan fingerprint density at radius 1 is 1.25 bits per heavy atom. The molecule has 0 spiro atoms. The summed E-state index contributed by atoms with van der Waals surface area (Å²) in [6, 6.07) is 9.46. The molecule has 0 fully saturated rings. The zero-order valence-electron chi connectivity index (χ0n) is 11.3. The molecule has 1 rings (SSSR count). The Balaban J connectivity index is 1.99. The van der Waals surface area contributed by atoms with Gasteiger partial charge in [0.2, 0.25) is 0 Å². The zero-order valence-corrected chi connectivity index (χ0v) is 12.1. The molecular formula is C13H18N2O4S. The van der Waals surface area contributed by atoms with E-state index in [0.717, 1.165) is 5.56 Å². The number of carbonyl (C=O) groups excluding carboxylic acids is 2. The third-order valence-electron chi connectivity index (χ3n) is 2.23. The van der Waals surface area contributed by atoms with Gasteiger partial charge in [0, 0.05) is 12.3 Å². The van der Waals surface area contributed by atoms with Gasteiger partial charge in [0.25, 0.3) is 0 Å². The van der Waals surface area contributed by atoms with Gasteiger partial charge in [-0.15, -0.1) is 0 Å². The first-order chi connectivity index (χ1) is 9.72. The van der Waals surface area contributed by atoms with Crippen molar-refractivity contribution in [2.75, 3.05) is 26.0 Å². The van der Waals surface area contributed by atoms with Crippen molar-refractivity contribution in [3.8, 4) is 0 Å². The van der Waals surface area contributed by atoms with Crippen LogP contribution < -0.4 is 10.0 Å². The molecule has 1 aromatic rings. The maximum absolute atomic E-state index is 11.4. The molecule has 0 aromatic heterocycles. The summed E-state index contributed by atoms with van der Waals surface area (Å²) >= 11 is 1.33. The number of methoxy groups -OCH3 is 1. The SMILES string of the molecule is COC(=O)CNSCCNC(=O)OCc1ccccc1. The average molecular weight is 298 g/mol. The van der Waals surface area contributed by atoms with E-state index in [1.165, 1.54) is 19.1 Å². The van der Waals surface area contributed by atoms with Gasteiger partial charge < -0.3 is 14.8 Å². The predicted molar refractivity (Wildman–Crippen MR) is 77.1 cm³/mol. The van der Waals surface area contributed by atoms with Gasteiger partial charge in [0.1, 0.15) is 13.2 Å². The number of nitrogens with one attached hydrogen (secondary N) is 2. The maximum Gasteiger partial charge on any atom is 0.407 e. The van der Waals surface area contributed by atoms with Gasteiger partial charge in [0.15, 0.2) is 0 Å². The second kappa shape index (κ2) is 10.1. The number of alkyl carbamates (subject to hydrolysis) is 1. The Hall–Kier alpha value is -1.73. The van der Waals surface area contributed by atoms with Crippen molar-refractivity contribution in [3.63, 3.8) is 0 Å². The van der Waals surface area contributed by atoms with Gasteiger partial charge in [-0.1, -0.05) is 42.3 Å². The van der Waals surface area contributed by atoms with Crippen LogP contribution in [0, 0.1) is 0 Å². The lowest BCUT2D eigenvalue weighted by atomic mass is 10.2. The molecule has 0 aliphatic rings. The largest absolute Gasteiger partial charge is 0.468 e. The van der Waals surface area contributed by atoms with Crippen molar-refractivity contribution in [1.82, 2.24) is 10.0 Å². The van der Waals surface area contributed by atoms with Crippen LogP contribution in [0.2, 0.25) is 0 Å². The highest BCUT2D eigenvalue weighted by Gasteiger charge is 2.02. The summed E-state index contributed by atoms with van der Waals surface area (Å²) in [7, 11) is 1.33. The molecule has 0 saturated carbocycles. The van der Waals surface area contributed by atoms with Crippen LogP contribution in [0.15, 0.2) is 30.3 Å². The number of benzene rings is 1. The van der Waals surface area contributed by atoms with E-state index in [2.05, 4.69) is 14.8 Å². The third kappa shape index (κ3) is 7.65. The van der Waals surface area contributed by atoms with Crippen molar-refractivity contribution >= 4 is 24.0 Å². The smallest absolute Gasteiger partial charge is 0.407 e. The van der Waals surface area contributed by atoms with Crippen molar-refractivity contribution < 1.29 is 19.1 Å². The van der Waals surface area contributed by atoms with E-state index in [4.69, 9.17) is 4.74 Å². The van der Waals surface area contributed by atoms with Crippen molar-refractivity contribution in [3.05, 3.63) is 35.9 Å². The Kier molecular flexibility index (Phi) is 8.25. The van der Waals surface area contributed by atoms with Gasteiger partial charge >= 0.3 is 12.1 Å². The van der Waals surface area contributed by atoms with Gasteiger partial charge in [0.05, 0.1) is 7.11 Å². The Morgan fingerprint density at radius 3 is 2.70 bits per heavy atom. The molecule has 1 aromatic carbocycles. The highest BCUT2D eigenvalue weighted by molar-refractivity contribution is 7.97. The van der Waals surface area contributed by atoms with Gasteiger partial charge in [-0.05, 0) is 5.56 Å². The van der Waals surface area contributed by atoms with Crippen molar-refractivity contribution in [1.29, 1.82) is 0 Å². The summed E-state index contributed by atoms with van der Waals surface area (Å²) in [5, 5.41) is 2.62. The van der Waals surface area contributed by atoms with Crippen LogP contribution >= 0.6 is 11.9 Å². The van der Waals surface area contributed by atoms with Gasteiger partial charge in [-0.3, -0.25) is 9.52 Å². The van der Waals surface area contributed by atoms with E-state index in [0.29, 0.717) is 12.3 Å². The number of ether oxygens (including phenoxy) is 2. The topological polar surface area (TPSA) is 76.7 Å². The molecule has 0 aliphatic carbocycles. The van der Waals surface area contributed by atoms with E-state index in [1.54, 1.807) is 0 Å². The molecule has 7 heteroatoms. The summed E-state index contributed by atoms with van der Waals surface area (Å²) in [4.78, 5) is 22.2. The first-order valence-electron chi connectivity index (χ1n) is 6.08. The van der Waals surface area contributed by atoms with E-state index in [9.17, 15) is 9.59 Å². The summed E-state index contributed by atoms with van der Waals surface area (Å²) in [5.41, 5.74) is 0.941. The third-order valence-corrected chi connectivity index (χ3v) is 2.99. The Bertz CT molecular complexity index is 414. The number of amides is 1. The summed E-state index contributed by atoms with van der Waals surface area (Å²) in [6.07, 6.45) is -0.456. The van der Waals surface area contributed by atoms with E-state index in [1.807, 2.05) is 30.3 Å². The zero-order chi connectivity index (χ0) is 14.6. The summed E-state index contributed by atoms with van der Waals surface area (Å²) in [5.74, 6) is 0.296. The Labute approximate surface area is 122 Å². The fraction of sp³-hybridized carbons (Fsp3) is 0.385. The van der Waals surface area contributed by atoms with E-state index in [-0.39, 0.29) is 19.1 Å². The molecule has 20 heavy (non-hydrogen) atoms. The highest BCUT2D eigenvalue weighted by atomic mass is 32.2. The Morgan fingerprint density at radius 2 is 2.00 bits per heavy atom. The number of carbonyl (C=O) groups is 2. The molecule has 0 heterocycles. The lowest BCUT2D eigenvalue weighted by Crippen LogP contribution is -2.27. The molecule has 2 N–H and O–H groups in total. The molecule has 0 radical (unpaired) electrons. The quantitative estimate of drug-likeness (QED) is 0.428. The minimum Gasteiger partial charge on any atom is -0.468 e. The van der Waals surface area contributed by atoms with E-state index >= 15 is 0 Å². The standard InChI is InChI=1S/C13H18N2O4S/c1-18-12(16)9-15-20-8-7-14-13(17)19-10-11-5-3-2-4-6-11/h2-6,15H,7-10H2,1H3,(H,14,17). The average Bonchev–Trinajstić information content (AvgIpc) is 2.49. The summed E-state index contributed by atoms with van der Waals surface area (Å²) < 4.78 is 12.3. The molecule has 6 nitrogen and oxygen atoms in total. The lowest BCUT2D eigenvalue weighted by Gasteiger charge is -2.07. The monoisotopic (exact) mass is 298 g/mol. The molecule has 0 bridgehead atoms. The van der Waals surface area contributed by atoms with Gasteiger partial charge in [-0.2, -0.15) is 0 Å². The first kappa shape index (κ1) is 16.3. The minimum atomic E-state index is -0.456. The van der Waals surface area contributed by atoms with E-state index < -0.39 is 6.09 Å². The minimum absolute atomic E-state index is 0.139. The number of hydrogen-bond acceptors (Lipinski definition) is 6. The lowest BCUT2D eigenvalue weighted by molar-refractivity contribution is -0.139. The van der Waals surface area contributed by atoms with Crippen LogP contribution in [0.4, 0.5) is 4.79 Å². The second-order valence-electron chi connectivity index (χ2n) is 3.73. The second-order valence-corrected chi connectivity index (χ2v) is 4.72. The fourth-order valence-electron chi connectivity index (χ4n) is 1.23. The van der Waals surface area contributed by atoms with Crippen LogP contribution in [0.25, 0.3) is 0 Å². The van der Waals surface area contributed by atoms with Gasteiger partial charge in [-0.25, -0.2) is 4.79 Å². The molecule has 0 aliphatic heterocycles. The molecule has 0 atom stereocenters. The molecule has 110 valence electrons. The molecule has 1 amide bonds. The number of rotatable bonds is 8. The van der Waals surface area contributed by atoms with Crippen LogP contribution in [-0.2, 0) is 20.9 Å². The molecule has 0 unspecified atom stereocenters. The maximum atomic E-state index is 11.4. The van der Waals surface area contributed by atoms with Crippen LogP contribution in [-0.4, -0.2) is 38.0 Å². The fourth-order valence-corrected chi connectivity index (χ4v) is 1.80. The number of hydrogen-bond donors (Lipinski definition) is 2. The number of esters is 1. The first-order valence-corrected chi connectivity index (χ1v) is 7.07. The van der Waals surface area contributed by atoms with Crippen molar-refractivity contribution in [2.45, 2.75) is 6.61 Å². The summed E-state index contributed by atoms with van der Waals surface area (Å²) in [6.45, 7) is 0.840. The normalized spacial score (nSPS) is 9.85. The molecular weight excluding hydrogens is 280 g/mol.